The number of nitrogens with one attached hydrogen (secondary N) is 1. The van der Waals surface area contributed by atoms with Crippen LogP contribution < -0.4 is 5.32 Å². The summed E-state index contributed by atoms with van der Waals surface area (Å²) < 4.78 is 5.44. The van der Waals surface area contributed by atoms with Crippen LogP contribution in [0.5, 0.6) is 0 Å². The highest BCUT2D eigenvalue weighted by Crippen LogP contribution is 2.10. The summed E-state index contributed by atoms with van der Waals surface area (Å²) in [6.07, 6.45) is 22.3. The maximum absolute atomic E-state index is 10.7. The van der Waals surface area contributed by atoms with E-state index < -0.39 is 6.10 Å². The first-order valence-corrected chi connectivity index (χ1v) is 11.3. The molecule has 0 aliphatic rings. The molecular weight excluding hydrogens is 338 g/mol. The third-order valence-corrected chi connectivity index (χ3v) is 4.70. The van der Waals surface area contributed by atoms with Crippen LogP contribution in [0.1, 0.15) is 104 Å². The summed E-state index contributed by atoms with van der Waals surface area (Å²) in [5, 5.41) is 12.2. The third-order valence-electron chi connectivity index (χ3n) is 4.70. The number of allylic oxidation sites excluding steroid dienone is 2. The lowest BCUT2D eigenvalue weighted by Crippen LogP contribution is -2.33. The lowest BCUT2D eigenvalue weighted by molar-refractivity contribution is -0.119. The third kappa shape index (κ3) is 23.1. The zero-order valence-electron chi connectivity index (χ0n) is 18.0. The van der Waals surface area contributed by atoms with E-state index in [1.165, 1.54) is 90.4 Å². The Bertz CT molecular complexity index is 345. The molecule has 4 nitrogen and oxygen atoms in total. The summed E-state index contributed by atoms with van der Waals surface area (Å²) in [6, 6.07) is 0. The lowest BCUT2D eigenvalue weighted by Gasteiger charge is -2.11. The van der Waals surface area contributed by atoms with Crippen molar-refractivity contribution >= 4 is 5.91 Å². The molecule has 0 fully saturated rings. The fourth-order valence-electron chi connectivity index (χ4n) is 2.99. The molecular formula is C23H45NO3. The Kier molecular flexibility index (Phi) is 20.7. The number of aliphatic hydroxyl groups is 1. The van der Waals surface area contributed by atoms with E-state index in [2.05, 4.69) is 24.4 Å². The van der Waals surface area contributed by atoms with Gasteiger partial charge >= 0.3 is 0 Å². The molecule has 0 aromatic rings. The van der Waals surface area contributed by atoms with Crippen LogP contribution >= 0.6 is 0 Å². The normalized spacial score (nSPS) is 12.6. The van der Waals surface area contributed by atoms with Crippen molar-refractivity contribution in [1.82, 2.24) is 5.32 Å². The molecule has 4 heteroatoms. The molecule has 1 atom stereocenters. The van der Waals surface area contributed by atoms with Crippen molar-refractivity contribution in [3.8, 4) is 0 Å². The number of carbonyl (C=O) groups excluding carboxylic acids is 1. The number of aliphatic hydroxyl groups excluding tert-OH is 1. The smallest absolute Gasteiger partial charge is 0.216 e. The average molecular weight is 384 g/mol. The van der Waals surface area contributed by atoms with E-state index in [4.69, 9.17) is 4.74 Å². The van der Waals surface area contributed by atoms with E-state index in [0.29, 0.717) is 13.2 Å². The molecule has 0 heterocycles. The van der Waals surface area contributed by atoms with Crippen molar-refractivity contribution < 1.29 is 14.6 Å². The minimum absolute atomic E-state index is 0.123. The van der Waals surface area contributed by atoms with Crippen LogP contribution in [0.2, 0.25) is 0 Å². The number of amides is 1. The van der Waals surface area contributed by atoms with Gasteiger partial charge in [-0.15, -0.1) is 0 Å². The van der Waals surface area contributed by atoms with Gasteiger partial charge < -0.3 is 15.2 Å². The average Bonchev–Trinajstić information content (AvgIpc) is 2.65. The predicted octanol–water partition coefficient (Wildman–Crippen LogP) is 5.54. The number of carbonyl (C=O) groups is 1. The maximum Gasteiger partial charge on any atom is 0.216 e. The zero-order chi connectivity index (χ0) is 20.0. The van der Waals surface area contributed by atoms with Gasteiger partial charge in [-0.1, -0.05) is 76.9 Å². The molecule has 160 valence electrons. The zero-order valence-corrected chi connectivity index (χ0v) is 18.0. The highest BCUT2D eigenvalue weighted by molar-refractivity contribution is 5.72. The summed E-state index contributed by atoms with van der Waals surface area (Å²) in [7, 11) is 0. The van der Waals surface area contributed by atoms with E-state index in [1.807, 2.05) is 0 Å². The summed E-state index contributed by atoms with van der Waals surface area (Å²) in [5.41, 5.74) is 0. The van der Waals surface area contributed by atoms with Gasteiger partial charge in [0.25, 0.3) is 0 Å². The molecule has 0 rings (SSSR count). The van der Waals surface area contributed by atoms with Crippen LogP contribution in [0.15, 0.2) is 12.2 Å². The van der Waals surface area contributed by atoms with Crippen LogP contribution in [-0.4, -0.2) is 36.9 Å². The molecule has 27 heavy (non-hydrogen) atoms. The quantitative estimate of drug-likeness (QED) is 0.214. The molecule has 0 bridgehead atoms. The van der Waals surface area contributed by atoms with E-state index in [0.717, 1.165) is 6.42 Å². The van der Waals surface area contributed by atoms with Gasteiger partial charge in [-0.2, -0.15) is 0 Å². The van der Waals surface area contributed by atoms with Crippen LogP contribution in [0.25, 0.3) is 0 Å². The van der Waals surface area contributed by atoms with Crippen molar-refractivity contribution in [3.05, 3.63) is 12.2 Å². The van der Waals surface area contributed by atoms with Crippen molar-refractivity contribution in [3.63, 3.8) is 0 Å². The van der Waals surface area contributed by atoms with Crippen molar-refractivity contribution in [2.45, 2.75) is 110 Å². The van der Waals surface area contributed by atoms with Gasteiger partial charge in [0.05, 0.1) is 12.7 Å². The first-order valence-electron chi connectivity index (χ1n) is 11.3. The van der Waals surface area contributed by atoms with Gasteiger partial charge in [-0.05, 0) is 32.1 Å². The summed E-state index contributed by atoms with van der Waals surface area (Å²) in [4.78, 5) is 10.7. The van der Waals surface area contributed by atoms with Crippen LogP contribution in [0.3, 0.4) is 0 Å². The minimum atomic E-state index is -0.608. The Morgan fingerprint density at radius 3 is 1.96 bits per heavy atom. The van der Waals surface area contributed by atoms with E-state index in [1.54, 1.807) is 0 Å². The molecule has 0 aliphatic heterocycles. The topological polar surface area (TPSA) is 58.6 Å². The predicted molar refractivity (Wildman–Crippen MR) is 115 cm³/mol. The lowest BCUT2D eigenvalue weighted by atomic mass is 10.1. The molecule has 0 radical (unpaired) electrons. The molecule has 1 unspecified atom stereocenters. The van der Waals surface area contributed by atoms with E-state index in [9.17, 15) is 9.90 Å². The van der Waals surface area contributed by atoms with E-state index >= 15 is 0 Å². The number of unbranched alkanes of at least 4 members (excludes halogenated alkanes) is 12. The fraction of sp³-hybridized carbons (Fsp3) is 0.870. The number of hydrogen-bond donors (Lipinski definition) is 2. The highest BCUT2D eigenvalue weighted by atomic mass is 16.5. The SMILES string of the molecule is CCCCCCCC/C=C\CCCCCCCCOCC(O)CNC(C)=O. The monoisotopic (exact) mass is 383 g/mol. The van der Waals surface area contributed by atoms with Crippen molar-refractivity contribution in [2.75, 3.05) is 19.8 Å². The molecule has 2 N–H and O–H groups in total. The highest BCUT2D eigenvalue weighted by Gasteiger charge is 2.04. The molecule has 0 saturated carbocycles. The Balaban J connectivity index is 3.16. The van der Waals surface area contributed by atoms with Gasteiger partial charge in [-0.3, -0.25) is 4.79 Å². The van der Waals surface area contributed by atoms with Crippen LogP contribution in [0, 0.1) is 0 Å². The molecule has 0 spiro atoms. The standard InChI is InChI=1S/C23H45NO3/c1-3-4-5-6-7-8-9-10-11-12-13-14-15-16-17-18-19-27-21-23(26)20-24-22(2)25/h10-11,23,26H,3-9,12-21H2,1-2H3,(H,24,25)/b11-10-. The fourth-order valence-corrected chi connectivity index (χ4v) is 2.99. The number of hydrogen-bond acceptors (Lipinski definition) is 3. The molecule has 0 aromatic carbocycles. The summed E-state index contributed by atoms with van der Waals surface area (Å²) >= 11 is 0. The summed E-state index contributed by atoms with van der Waals surface area (Å²) in [6.45, 7) is 4.97. The maximum atomic E-state index is 10.7. The molecule has 0 aliphatic carbocycles. The van der Waals surface area contributed by atoms with Crippen molar-refractivity contribution in [1.29, 1.82) is 0 Å². The van der Waals surface area contributed by atoms with Crippen LogP contribution in [-0.2, 0) is 9.53 Å². The Labute approximate surface area is 168 Å². The van der Waals surface area contributed by atoms with Gasteiger partial charge in [-0.25, -0.2) is 0 Å². The second kappa shape index (κ2) is 21.4. The van der Waals surface area contributed by atoms with Crippen molar-refractivity contribution in [2.24, 2.45) is 0 Å². The first kappa shape index (κ1) is 26.1. The number of ether oxygens (including phenoxy) is 1. The molecule has 1 amide bonds. The van der Waals surface area contributed by atoms with Crippen LogP contribution in [0.4, 0.5) is 0 Å². The first-order chi connectivity index (χ1) is 13.2. The minimum Gasteiger partial charge on any atom is -0.389 e. The summed E-state index contributed by atoms with van der Waals surface area (Å²) in [5.74, 6) is -0.123. The molecule has 0 saturated heterocycles. The number of rotatable bonds is 20. The Morgan fingerprint density at radius 2 is 1.41 bits per heavy atom. The second-order valence-corrected chi connectivity index (χ2v) is 7.60. The van der Waals surface area contributed by atoms with E-state index in [-0.39, 0.29) is 12.5 Å². The Morgan fingerprint density at radius 1 is 0.889 bits per heavy atom. The van der Waals surface area contributed by atoms with Gasteiger partial charge in [0.2, 0.25) is 5.91 Å². The molecule has 0 aromatic heterocycles. The largest absolute Gasteiger partial charge is 0.389 e. The second-order valence-electron chi connectivity index (χ2n) is 7.60. The van der Waals surface area contributed by atoms with Gasteiger partial charge in [0.15, 0.2) is 0 Å². The van der Waals surface area contributed by atoms with Gasteiger partial charge in [0, 0.05) is 20.1 Å². The Hall–Kier alpha value is -0.870. The van der Waals surface area contributed by atoms with Gasteiger partial charge in [0.1, 0.15) is 0 Å².